The van der Waals surface area contributed by atoms with Crippen LogP contribution in [0.4, 0.5) is 9.18 Å². The van der Waals surface area contributed by atoms with Crippen molar-refractivity contribution >= 4 is 12.4 Å². The summed E-state index contributed by atoms with van der Waals surface area (Å²) in [4.78, 5) is 23.0. The van der Waals surface area contributed by atoms with Crippen LogP contribution in [-0.2, 0) is 4.79 Å². The third-order valence-corrected chi connectivity index (χ3v) is 3.04. The number of aldehydes is 1. The average molecular weight is 237 g/mol. The molecule has 0 saturated carbocycles. The van der Waals surface area contributed by atoms with Crippen LogP contribution in [0.5, 0.6) is 0 Å². The second kappa shape index (κ2) is 4.53. The maximum atomic E-state index is 13.1. The van der Waals surface area contributed by atoms with Gasteiger partial charge in [-0.2, -0.15) is 0 Å². The lowest BCUT2D eigenvalue weighted by Gasteiger charge is -2.24. The third-order valence-electron chi connectivity index (χ3n) is 3.04. The van der Waals surface area contributed by atoms with Crippen LogP contribution in [0.15, 0.2) is 24.3 Å². The minimum Gasteiger partial charge on any atom is -0.465 e. The van der Waals surface area contributed by atoms with Crippen molar-refractivity contribution in [3.63, 3.8) is 0 Å². The first-order valence-corrected chi connectivity index (χ1v) is 5.35. The molecule has 0 bridgehead atoms. The van der Waals surface area contributed by atoms with Gasteiger partial charge in [0.05, 0.1) is 12.1 Å². The lowest BCUT2D eigenvalue weighted by Crippen LogP contribution is -2.37. The maximum Gasteiger partial charge on any atom is 0.408 e. The molecule has 2 rings (SSSR count). The first-order valence-electron chi connectivity index (χ1n) is 5.35. The summed E-state index contributed by atoms with van der Waals surface area (Å²) in [5, 5.41) is 9.09. The van der Waals surface area contributed by atoms with Gasteiger partial charge in [-0.25, -0.2) is 9.18 Å². The highest BCUT2D eigenvalue weighted by Gasteiger charge is 2.37. The van der Waals surface area contributed by atoms with Crippen LogP contribution in [-0.4, -0.2) is 28.4 Å². The molecular formula is C12H12FNO3. The topological polar surface area (TPSA) is 57.6 Å². The molecule has 1 N–H and O–H groups in total. The van der Waals surface area contributed by atoms with Crippen molar-refractivity contribution in [2.75, 3.05) is 0 Å². The SMILES string of the molecule is O=C[C@H]1CC[C@@H](c2cccc(F)c2)N1C(=O)O. The summed E-state index contributed by atoms with van der Waals surface area (Å²) in [6, 6.07) is 4.78. The van der Waals surface area contributed by atoms with Gasteiger partial charge < -0.3 is 9.90 Å². The van der Waals surface area contributed by atoms with E-state index in [1.807, 2.05) is 0 Å². The molecule has 17 heavy (non-hydrogen) atoms. The van der Waals surface area contributed by atoms with Gasteiger partial charge >= 0.3 is 6.09 Å². The van der Waals surface area contributed by atoms with Gasteiger partial charge in [-0.1, -0.05) is 12.1 Å². The van der Waals surface area contributed by atoms with Crippen LogP contribution in [0, 0.1) is 5.82 Å². The fraction of sp³-hybridized carbons (Fsp3) is 0.333. The van der Waals surface area contributed by atoms with E-state index in [1.165, 1.54) is 12.1 Å². The molecule has 90 valence electrons. The standard InChI is InChI=1S/C12H12FNO3/c13-9-3-1-2-8(6-9)11-5-4-10(7-15)14(11)12(16)17/h1-3,6-7,10-11H,4-5H2,(H,16,17)/t10-,11+/m1/s1. The molecule has 1 aliphatic rings. The van der Waals surface area contributed by atoms with Gasteiger partial charge in [0.15, 0.2) is 0 Å². The highest BCUT2D eigenvalue weighted by atomic mass is 19.1. The van der Waals surface area contributed by atoms with Crippen molar-refractivity contribution in [2.24, 2.45) is 0 Å². The second-order valence-electron chi connectivity index (χ2n) is 4.04. The largest absolute Gasteiger partial charge is 0.465 e. The van der Waals surface area contributed by atoms with Crippen LogP contribution >= 0.6 is 0 Å². The zero-order chi connectivity index (χ0) is 12.4. The van der Waals surface area contributed by atoms with Crippen LogP contribution in [0.3, 0.4) is 0 Å². The Bertz CT molecular complexity index is 449. The molecule has 1 aromatic rings. The number of carboxylic acid groups (broad SMARTS) is 1. The maximum absolute atomic E-state index is 13.1. The average Bonchev–Trinajstić information content (AvgIpc) is 2.72. The Morgan fingerprint density at radius 2 is 2.24 bits per heavy atom. The summed E-state index contributed by atoms with van der Waals surface area (Å²) in [6.07, 6.45) is 0.512. The Kier molecular flexibility index (Phi) is 3.08. The lowest BCUT2D eigenvalue weighted by atomic mass is 10.0. The summed E-state index contributed by atoms with van der Waals surface area (Å²) in [6.45, 7) is 0. The number of hydrogen-bond acceptors (Lipinski definition) is 2. The van der Waals surface area contributed by atoms with Crippen LogP contribution in [0.1, 0.15) is 24.4 Å². The minimum absolute atomic E-state index is 0.401. The Morgan fingerprint density at radius 1 is 1.47 bits per heavy atom. The zero-order valence-electron chi connectivity index (χ0n) is 9.04. The van der Waals surface area contributed by atoms with E-state index in [0.717, 1.165) is 4.90 Å². The van der Waals surface area contributed by atoms with Gasteiger partial charge in [0.25, 0.3) is 0 Å². The number of carbonyl (C=O) groups is 2. The highest BCUT2D eigenvalue weighted by molar-refractivity contribution is 5.73. The lowest BCUT2D eigenvalue weighted by molar-refractivity contribution is -0.111. The van der Waals surface area contributed by atoms with Gasteiger partial charge in [-0.05, 0) is 30.5 Å². The van der Waals surface area contributed by atoms with Gasteiger partial charge in [0.1, 0.15) is 12.1 Å². The van der Waals surface area contributed by atoms with E-state index in [2.05, 4.69) is 0 Å². The van der Waals surface area contributed by atoms with Crippen molar-refractivity contribution in [1.82, 2.24) is 4.90 Å². The Balaban J connectivity index is 2.32. The molecule has 1 aromatic carbocycles. The molecule has 0 aromatic heterocycles. The summed E-state index contributed by atoms with van der Waals surface area (Å²) in [5.74, 6) is -0.401. The predicted molar refractivity (Wildman–Crippen MR) is 58.1 cm³/mol. The smallest absolute Gasteiger partial charge is 0.408 e. The molecule has 5 heteroatoms. The molecule has 4 nitrogen and oxygen atoms in total. The Morgan fingerprint density at radius 3 is 2.82 bits per heavy atom. The van der Waals surface area contributed by atoms with Crippen molar-refractivity contribution in [2.45, 2.75) is 24.9 Å². The Labute approximate surface area is 97.7 Å². The number of hydrogen-bond donors (Lipinski definition) is 1. The van der Waals surface area contributed by atoms with E-state index in [1.54, 1.807) is 12.1 Å². The number of benzene rings is 1. The number of rotatable bonds is 2. The van der Waals surface area contributed by atoms with Gasteiger partial charge in [0.2, 0.25) is 0 Å². The molecule has 0 radical (unpaired) electrons. The van der Waals surface area contributed by atoms with E-state index in [9.17, 15) is 14.0 Å². The van der Waals surface area contributed by atoms with Crippen molar-refractivity contribution in [3.8, 4) is 0 Å². The first kappa shape index (κ1) is 11.6. The minimum atomic E-state index is -1.14. The molecular weight excluding hydrogens is 225 g/mol. The van der Waals surface area contributed by atoms with Crippen molar-refractivity contribution < 1.29 is 19.1 Å². The second-order valence-corrected chi connectivity index (χ2v) is 4.04. The Hall–Kier alpha value is -1.91. The van der Waals surface area contributed by atoms with Crippen LogP contribution < -0.4 is 0 Å². The highest BCUT2D eigenvalue weighted by Crippen LogP contribution is 2.35. The van der Waals surface area contributed by atoms with E-state index in [4.69, 9.17) is 5.11 Å². The van der Waals surface area contributed by atoms with E-state index >= 15 is 0 Å². The van der Waals surface area contributed by atoms with E-state index in [-0.39, 0.29) is 0 Å². The summed E-state index contributed by atoms with van der Waals surface area (Å²) < 4.78 is 13.1. The summed E-state index contributed by atoms with van der Waals surface area (Å²) in [7, 11) is 0. The van der Waals surface area contributed by atoms with Gasteiger partial charge in [-0.3, -0.25) is 4.90 Å². The molecule has 1 aliphatic heterocycles. The molecule has 1 fully saturated rings. The van der Waals surface area contributed by atoms with Crippen molar-refractivity contribution in [1.29, 1.82) is 0 Å². The molecule has 0 spiro atoms. The number of likely N-dealkylation sites (tertiary alicyclic amines) is 1. The third kappa shape index (κ3) is 2.13. The summed E-state index contributed by atoms with van der Waals surface area (Å²) >= 11 is 0. The summed E-state index contributed by atoms with van der Waals surface area (Å²) in [5.41, 5.74) is 0.594. The fourth-order valence-corrected chi connectivity index (χ4v) is 2.29. The molecule has 1 heterocycles. The number of halogens is 1. The number of carbonyl (C=O) groups excluding carboxylic acids is 1. The molecule has 1 saturated heterocycles. The zero-order valence-corrected chi connectivity index (χ0v) is 9.04. The number of amides is 1. The van der Waals surface area contributed by atoms with Crippen LogP contribution in [0.25, 0.3) is 0 Å². The number of nitrogens with zero attached hydrogens (tertiary/aromatic N) is 1. The van der Waals surface area contributed by atoms with E-state index in [0.29, 0.717) is 24.7 Å². The monoisotopic (exact) mass is 237 g/mol. The van der Waals surface area contributed by atoms with Gasteiger partial charge in [-0.15, -0.1) is 0 Å². The van der Waals surface area contributed by atoms with Crippen LogP contribution in [0.2, 0.25) is 0 Å². The quantitative estimate of drug-likeness (QED) is 0.802. The molecule has 1 amide bonds. The van der Waals surface area contributed by atoms with Crippen molar-refractivity contribution in [3.05, 3.63) is 35.6 Å². The molecule has 0 aliphatic carbocycles. The normalized spacial score (nSPS) is 23.7. The predicted octanol–water partition coefficient (Wildman–Crippen LogP) is 2.21. The van der Waals surface area contributed by atoms with E-state index < -0.39 is 24.0 Å². The molecule has 0 unspecified atom stereocenters. The fourth-order valence-electron chi connectivity index (χ4n) is 2.29. The first-order chi connectivity index (χ1) is 8.13. The molecule has 2 atom stereocenters. The van der Waals surface area contributed by atoms with Gasteiger partial charge in [0, 0.05) is 0 Å².